The van der Waals surface area contributed by atoms with Gasteiger partial charge in [-0.1, -0.05) is 6.07 Å². The molecule has 0 unspecified atom stereocenters. The zero-order valence-corrected chi connectivity index (χ0v) is 14.3. The van der Waals surface area contributed by atoms with Crippen LogP contribution >= 0.6 is 11.3 Å². The fraction of sp³-hybridized carbons (Fsp3) is 0.250. The highest BCUT2D eigenvalue weighted by molar-refractivity contribution is 7.91. The molecule has 1 aliphatic heterocycles. The van der Waals surface area contributed by atoms with Crippen LogP contribution < -0.4 is 10.6 Å². The average Bonchev–Trinajstić information content (AvgIpc) is 3.17. The number of amides is 2. The highest BCUT2D eigenvalue weighted by atomic mass is 32.2. The maximum absolute atomic E-state index is 12.1. The minimum Gasteiger partial charge on any atom is -0.348 e. The van der Waals surface area contributed by atoms with E-state index in [1.807, 2.05) is 5.38 Å². The van der Waals surface area contributed by atoms with Crippen LogP contribution in [-0.2, 0) is 9.84 Å². The first-order valence-corrected chi connectivity index (χ1v) is 10.1. The fourth-order valence-corrected chi connectivity index (χ4v) is 4.78. The van der Waals surface area contributed by atoms with Crippen molar-refractivity contribution in [1.29, 1.82) is 0 Å². The molecule has 0 bridgehead atoms. The first-order valence-electron chi connectivity index (χ1n) is 7.39. The summed E-state index contributed by atoms with van der Waals surface area (Å²) in [6, 6.07) is 9.69. The second kappa shape index (κ2) is 6.74. The van der Waals surface area contributed by atoms with Gasteiger partial charge in [-0.15, -0.1) is 11.3 Å². The topological polar surface area (TPSA) is 92.3 Å². The molecule has 2 aromatic rings. The predicted molar refractivity (Wildman–Crippen MR) is 93.2 cm³/mol. The van der Waals surface area contributed by atoms with Gasteiger partial charge >= 0.3 is 0 Å². The average molecular weight is 364 g/mol. The minimum atomic E-state index is -3.03. The molecule has 1 fully saturated rings. The molecular formula is C16H16N2O4S2. The molecule has 1 aromatic carbocycles. The highest BCUT2D eigenvalue weighted by Gasteiger charge is 2.29. The fourth-order valence-electron chi connectivity index (χ4n) is 2.48. The number of carbonyl (C=O) groups is 2. The summed E-state index contributed by atoms with van der Waals surface area (Å²) in [5.74, 6) is -0.397. The Morgan fingerprint density at radius 3 is 2.42 bits per heavy atom. The molecule has 3 rings (SSSR count). The quantitative estimate of drug-likeness (QED) is 0.867. The van der Waals surface area contributed by atoms with Crippen molar-refractivity contribution in [2.45, 2.75) is 12.5 Å². The molecule has 126 valence electrons. The lowest BCUT2D eigenvalue weighted by Gasteiger charge is -2.11. The van der Waals surface area contributed by atoms with Crippen LogP contribution in [0.3, 0.4) is 0 Å². The summed E-state index contributed by atoms with van der Waals surface area (Å²) in [6.45, 7) is 0. The molecule has 1 atom stereocenters. The van der Waals surface area contributed by atoms with Crippen molar-refractivity contribution in [1.82, 2.24) is 5.32 Å². The summed E-state index contributed by atoms with van der Waals surface area (Å²) < 4.78 is 22.8. The van der Waals surface area contributed by atoms with Gasteiger partial charge in [0.2, 0.25) is 0 Å². The van der Waals surface area contributed by atoms with Gasteiger partial charge in [-0.25, -0.2) is 8.42 Å². The zero-order chi connectivity index (χ0) is 17.2. The zero-order valence-electron chi connectivity index (χ0n) is 12.7. The van der Waals surface area contributed by atoms with Crippen LogP contribution in [0.15, 0.2) is 41.8 Å². The molecule has 0 spiro atoms. The molecule has 2 N–H and O–H groups in total. The smallest absolute Gasteiger partial charge is 0.265 e. The van der Waals surface area contributed by atoms with E-state index in [0.29, 0.717) is 22.5 Å². The molecule has 2 amide bonds. The van der Waals surface area contributed by atoms with Crippen molar-refractivity contribution in [3.8, 4) is 0 Å². The molecule has 24 heavy (non-hydrogen) atoms. The Kier molecular flexibility index (Phi) is 4.68. The molecule has 1 aliphatic rings. The van der Waals surface area contributed by atoms with Gasteiger partial charge in [0.05, 0.1) is 16.4 Å². The summed E-state index contributed by atoms with van der Waals surface area (Å²) in [6.07, 6.45) is 0.447. The van der Waals surface area contributed by atoms with Gasteiger partial charge in [0.25, 0.3) is 11.8 Å². The van der Waals surface area contributed by atoms with Gasteiger partial charge in [-0.2, -0.15) is 0 Å². The van der Waals surface area contributed by atoms with E-state index >= 15 is 0 Å². The van der Waals surface area contributed by atoms with Gasteiger partial charge in [-0.05, 0) is 42.1 Å². The Morgan fingerprint density at radius 2 is 1.83 bits per heavy atom. The van der Waals surface area contributed by atoms with Gasteiger partial charge in [0.15, 0.2) is 9.84 Å². The number of carbonyl (C=O) groups excluding carboxylic acids is 2. The van der Waals surface area contributed by atoms with Gasteiger partial charge in [0.1, 0.15) is 0 Å². The number of benzene rings is 1. The maximum Gasteiger partial charge on any atom is 0.265 e. The molecule has 1 aromatic heterocycles. The van der Waals surface area contributed by atoms with E-state index in [1.54, 1.807) is 36.4 Å². The standard InChI is InChI=1S/C16H16N2O4S2/c19-15(18-13-7-9-24(21,22)10-13)11-3-5-12(6-4-11)17-16(20)14-2-1-8-23-14/h1-6,8,13H,7,9-10H2,(H,17,20)(H,18,19)/t13-/m1/s1. The van der Waals surface area contributed by atoms with Crippen molar-refractivity contribution >= 4 is 38.7 Å². The first kappa shape index (κ1) is 16.7. The van der Waals surface area contributed by atoms with E-state index in [-0.39, 0.29) is 29.4 Å². The monoisotopic (exact) mass is 364 g/mol. The Hall–Kier alpha value is -2.19. The molecule has 6 nitrogen and oxygen atoms in total. The molecule has 0 aliphatic carbocycles. The Morgan fingerprint density at radius 1 is 1.08 bits per heavy atom. The predicted octanol–water partition coefficient (Wildman–Crippen LogP) is 1.92. The summed E-state index contributed by atoms with van der Waals surface area (Å²) in [5.41, 5.74) is 1.02. The maximum atomic E-state index is 12.1. The van der Waals surface area contributed by atoms with Crippen LogP contribution in [0.2, 0.25) is 0 Å². The summed E-state index contributed by atoms with van der Waals surface area (Å²) in [7, 11) is -3.03. The largest absolute Gasteiger partial charge is 0.348 e. The van der Waals surface area contributed by atoms with E-state index in [0.717, 1.165) is 0 Å². The minimum absolute atomic E-state index is 0.00626. The number of anilines is 1. The normalized spacial score (nSPS) is 18.9. The van der Waals surface area contributed by atoms with E-state index in [1.165, 1.54) is 11.3 Å². The molecular weight excluding hydrogens is 348 g/mol. The third kappa shape index (κ3) is 4.01. The van der Waals surface area contributed by atoms with Crippen molar-refractivity contribution in [2.24, 2.45) is 0 Å². The third-order valence-corrected chi connectivity index (χ3v) is 6.35. The Balaban J connectivity index is 1.60. The lowest BCUT2D eigenvalue weighted by molar-refractivity contribution is 0.0940. The Labute approximate surface area is 143 Å². The van der Waals surface area contributed by atoms with Crippen molar-refractivity contribution in [2.75, 3.05) is 16.8 Å². The van der Waals surface area contributed by atoms with Gasteiger partial charge in [0, 0.05) is 17.3 Å². The van der Waals surface area contributed by atoms with Crippen LogP contribution in [0.4, 0.5) is 5.69 Å². The van der Waals surface area contributed by atoms with Crippen LogP contribution in [0.5, 0.6) is 0 Å². The van der Waals surface area contributed by atoms with Crippen LogP contribution in [-0.4, -0.2) is 37.8 Å². The van der Waals surface area contributed by atoms with E-state index in [4.69, 9.17) is 0 Å². The van der Waals surface area contributed by atoms with Gasteiger partial charge < -0.3 is 10.6 Å². The summed E-state index contributed by atoms with van der Waals surface area (Å²) in [4.78, 5) is 24.7. The lowest BCUT2D eigenvalue weighted by Crippen LogP contribution is -2.35. The molecule has 1 saturated heterocycles. The van der Waals surface area contributed by atoms with E-state index in [2.05, 4.69) is 10.6 Å². The van der Waals surface area contributed by atoms with Gasteiger partial charge in [-0.3, -0.25) is 9.59 Å². The second-order valence-corrected chi connectivity index (χ2v) is 8.76. The highest BCUT2D eigenvalue weighted by Crippen LogP contribution is 2.15. The number of rotatable bonds is 4. The number of hydrogen-bond donors (Lipinski definition) is 2. The second-order valence-electron chi connectivity index (χ2n) is 5.58. The number of sulfone groups is 1. The number of thiophene rings is 1. The van der Waals surface area contributed by atoms with E-state index < -0.39 is 9.84 Å². The summed E-state index contributed by atoms with van der Waals surface area (Å²) in [5, 5.41) is 7.31. The molecule has 0 saturated carbocycles. The number of nitrogens with one attached hydrogen (secondary N) is 2. The molecule has 0 radical (unpaired) electrons. The van der Waals surface area contributed by atoms with Crippen molar-refractivity contribution in [3.05, 3.63) is 52.2 Å². The summed E-state index contributed by atoms with van der Waals surface area (Å²) >= 11 is 1.35. The third-order valence-electron chi connectivity index (χ3n) is 3.72. The lowest BCUT2D eigenvalue weighted by atomic mass is 10.1. The van der Waals surface area contributed by atoms with E-state index in [9.17, 15) is 18.0 Å². The van der Waals surface area contributed by atoms with Crippen LogP contribution in [0.1, 0.15) is 26.5 Å². The van der Waals surface area contributed by atoms with Crippen LogP contribution in [0, 0.1) is 0 Å². The SMILES string of the molecule is O=C(N[C@@H]1CCS(=O)(=O)C1)c1ccc(NC(=O)c2cccs2)cc1. The first-order chi connectivity index (χ1) is 11.4. The van der Waals surface area contributed by atoms with Crippen molar-refractivity contribution in [3.63, 3.8) is 0 Å². The van der Waals surface area contributed by atoms with Crippen LogP contribution in [0.25, 0.3) is 0 Å². The van der Waals surface area contributed by atoms with Crippen molar-refractivity contribution < 1.29 is 18.0 Å². The molecule has 2 heterocycles. The Bertz CT molecular complexity index is 843. The number of hydrogen-bond acceptors (Lipinski definition) is 5. The molecule has 8 heteroatoms.